The van der Waals surface area contributed by atoms with Crippen molar-refractivity contribution in [2.75, 3.05) is 0 Å². The van der Waals surface area contributed by atoms with Crippen LogP contribution in [0.3, 0.4) is 0 Å². The van der Waals surface area contributed by atoms with Crippen molar-refractivity contribution >= 4 is 0 Å². The maximum Gasteiger partial charge on any atom is 0.161 e. The summed E-state index contributed by atoms with van der Waals surface area (Å²) < 4.78 is 44.4. The largest absolute Gasteiger partial charge is 0.459 e. The summed E-state index contributed by atoms with van der Waals surface area (Å²) in [4.78, 5) is 0. The molecule has 17 heavy (non-hydrogen) atoms. The average Bonchev–Trinajstić information content (AvgIpc) is 2.72. The van der Waals surface area contributed by atoms with Gasteiger partial charge in [0.15, 0.2) is 11.6 Å². The summed E-state index contributed by atoms with van der Waals surface area (Å²) in [5.74, 6) is -2.67. The molecule has 2 rings (SSSR count). The molecule has 2 nitrogen and oxygen atoms in total. The summed E-state index contributed by atoms with van der Waals surface area (Å²) in [7, 11) is 0. The quantitative estimate of drug-likeness (QED) is 0.818. The molecule has 2 aromatic rings. The molecule has 1 aromatic carbocycles. The first-order valence-electron chi connectivity index (χ1n) is 4.99. The van der Waals surface area contributed by atoms with Crippen LogP contribution in [0, 0.1) is 17.5 Å². The van der Waals surface area contributed by atoms with Gasteiger partial charge in [-0.2, -0.15) is 0 Å². The van der Waals surface area contributed by atoms with E-state index in [0.29, 0.717) is 11.8 Å². The first-order chi connectivity index (χ1) is 7.99. The number of hydrogen-bond donors (Lipinski definition) is 1. The minimum absolute atomic E-state index is 0.119. The lowest BCUT2D eigenvalue weighted by Crippen LogP contribution is -2.02. The highest BCUT2D eigenvalue weighted by molar-refractivity contribution is 5.58. The summed E-state index contributed by atoms with van der Waals surface area (Å²) in [5, 5.41) is 0. The summed E-state index contributed by atoms with van der Waals surface area (Å²) in [6.45, 7) is 1.70. The Labute approximate surface area is 95.8 Å². The second kappa shape index (κ2) is 4.25. The zero-order valence-electron chi connectivity index (χ0n) is 9.01. The topological polar surface area (TPSA) is 39.2 Å². The van der Waals surface area contributed by atoms with E-state index < -0.39 is 17.5 Å². The molecule has 0 aliphatic rings. The molecule has 90 valence electrons. The number of rotatable bonds is 2. The van der Waals surface area contributed by atoms with E-state index in [1.54, 1.807) is 13.0 Å². The molecule has 0 amide bonds. The SMILES string of the molecule is CC(N)c1ccc(-c2cc(F)c(F)cc2F)o1. The van der Waals surface area contributed by atoms with Crippen molar-refractivity contribution in [3.63, 3.8) is 0 Å². The van der Waals surface area contributed by atoms with Gasteiger partial charge in [0.1, 0.15) is 17.3 Å². The van der Waals surface area contributed by atoms with Gasteiger partial charge in [0, 0.05) is 6.07 Å². The van der Waals surface area contributed by atoms with Gasteiger partial charge in [-0.15, -0.1) is 0 Å². The van der Waals surface area contributed by atoms with Crippen molar-refractivity contribution in [1.82, 2.24) is 0 Å². The van der Waals surface area contributed by atoms with Crippen LogP contribution in [0.4, 0.5) is 13.2 Å². The van der Waals surface area contributed by atoms with E-state index in [4.69, 9.17) is 10.2 Å². The molecule has 1 heterocycles. The highest BCUT2D eigenvalue weighted by Gasteiger charge is 2.15. The molecule has 0 saturated carbocycles. The average molecular weight is 241 g/mol. The monoisotopic (exact) mass is 241 g/mol. The molecule has 1 atom stereocenters. The summed E-state index contributed by atoms with van der Waals surface area (Å²) >= 11 is 0. The van der Waals surface area contributed by atoms with E-state index in [1.165, 1.54) is 6.07 Å². The molecule has 0 radical (unpaired) electrons. The molecule has 0 spiro atoms. The molecular formula is C12H10F3NO. The molecule has 1 unspecified atom stereocenters. The van der Waals surface area contributed by atoms with E-state index in [1.807, 2.05) is 0 Å². The zero-order chi connectivity index (χ0) is 12.6. The van der Waals surface area contributed by atoms with Crippen molar-refractivity contribution in [3.05, 3.63) is 47.5 Å². The molecule has 2 N–H and O–H groups in total. The standard InChI is InChI=1S/C12H10F3NO/c1-6(16)11-2-3-12(17-11)7-4-9(14)10(15)5-8(7)13/h2-6H,16H2,1H3. The van der Waals surface area contributed by atoms with Crippen molar-refractivity contribution < 1.29 is 17.6 Å². The first-order valence-corrected chi connectivity index (χ1v) is 4.99. The Kier molecular flexibility index (Phi) is 2.93. The Morgan fingerprint density at radius 1 is 1.06 bits per heavy atom. The molecule has 5 heteroatoms. The van der Waals surface area contributed by atoms with Crippen molar-refractivity contribution in [2.24, 2.45) is 5.73 Å². The fourth-order valence-electron chi connectivity index (χ4n) is 1.45. The summed E-state index contributed by atoms with van der Waals surface area (Å²) in [5.41, 5.74) is 5.45. The van der Waals surface area contributed by atoms with Crippen LogP contribution in [-0.4, -0.2) is 0 Å². The van der Waals surface area contributed by atoms with Gasteiger partial charge in [0.2, 0.25) is 0 Å². The number of nitrogens with two attached hydrogens (primary N) is 1. The van der Waals surface area contributed by atoms with Crippen LogP contribution in [0.25, 0.3) is 11.3 Å². The molecular weight excluding hydrogens is 231 g/mol. The number of hydrogen-bond acceptors (Lipinski definition) is 2. The third-order valence-corrected chi connectivity index (χ3v) is 2.35. The molecule has 0 bridgehead atoms. The van der Waals surface area contributed by atoms with Crippen LogP contribution >= 0.6 is 0 Å². The fourth-order valence-corrected chi connectivity index (χ4v) is 1.45. The van der Waals surface area contributed by atoms with Gasteiger partial charge >= 0.3 is 0 Å². The smallest absolute Gasteiger partial charge is 0.161 e. The van der Waals surface area contributed by atoms with Gasteiger partial charge in [-0.1, -0.05) is 0 Å². The van der Waals surface area contributed by atoms with Gasteiger partial charge < -0.3 is 10.2 Å². The van der Waals surface area contributed by atoms with Gasteiger partial charge in [-0.25, -0.2) is 13.2 Å². The Bertz CT molecular complexity index is 549. The molecule has 1 aromatic heterocycles. The minimum Gasteiger partial charge on any atom is -0.459 e. The maximum atomic E-state index is 13.4. The summed E-state index contributed by atoms with van der Waals surface area (Å²) in [6, 6.07) is 3.93. The number of furan rings is 1. The minimum atomic E-state index is -1.23. The Morgan fingerprint density at radius 3 is 2.29 bits per heavy atom. The zero-order valence-corrected chi connectivity index (χ0v) is 9.01. The van der Waals surface area contributed by atoms with E-state index >= 15 is 0 Å². The van der Waals surface area contributed by atoms with Crippen molar-refractivity contribution in [3.8, 4) is 11.3 Å². The Hall–Kier alpha value is -1.75. The van der Waals surface area contributed by atoms with E-state index in [0.717, 1.165) is 6.07 Å². The van der Waals surface area contributed by atoms with Crippen molar-refractivity contribution in [2.45, 2.75) is 13.0 Å². The maximum absolute atomic E-state index is 13.4. The first kappa shape index (κ1) is 11.7. The molecule has 0 saturated heterocycles. The van der Waals surface area contributed by atoms with Crippen LogP contribution in [0.15, 0.2) is 28.7 Å². The lowest BCUT2D eigenvalue weighted by atomic mass is 10.1. The fraction of sp³-hybridized carbons (Fsp3) is 0.167. The molecule has 0 aliphatic carbocycles. The van der Waals surface area contributed by atoms with Crippen LogP contribution in [0.2, 0.25) is 0 Å². The number of halogens is 3. The lowest BCUT2D eigenvalue weighted by Gasteiger charge is -2.02. The van der Waals surface area contributed by atoms with Gasteiger partial charge in [-0.05, 0) is 25.1 Å². The van der Waals surface area contributed by atoms with Crippen LogP contribution < -0.4 is 5.73 Å². The normalized spacial score (nSPS) is 12.8. The van der Waals surface area contributed by atoms with Crippen LogP contribution in [0.5, 0.6) is 0 Å². The van der Waals surface area contributed by atoms with Gasteiger partial charge in [-0.3, -0.25) is 0 Å². The highest BCUT2D eigenvalue weighted by Crippen LogP contribution is 2.28. The lowest BCUT2D eigenvalue weighted by molar-refractivity contribution is 0.478. The third kappa shape index (κ3) is 2.19. The van der Waals surface area contributed by atoms with Crippen molar-refractivity contribution in [1.29, 1.82) is 0 Å². The second-order valence-electron chi connectivity index (χ2n) is 3.74. The van der Waals surface area contributed by atoms with Gasteiger partial charge in [0.25, 0.3) is 0 Å². The summed E-state index contributed by atoms with van der Waals surface area (Å²) in [6.07, 6.45) is 0. The van der Waals surface area contributed by atoms with Gasteiger partial charge in [0.05, 0.1) is 11.6 Å². The predicted octanol–water partition coefficient (Wildman–Crippen LogP) is 3.38. The van der Waals surface area contributed by atoms with E-state index in [9.17, 15) is 13.2 Å². The van der Waals surface area contributed by atoms with E-state index in [2.05, 4.69) is 0 Å². The molecule has 0 fully saturated rings. The third-order valence-electron chi connectivity index (χ3n) is 2.35. The second-order valence-corrected chi connectivity index (χ2v) is 3.74. The van der Waals surface area contributed by atoms with E-state index in [-0.39, 0.29) is 17.4 Å². The van der Waals surface area contributed by atoms with Crippen LogP contribution in [0.1, 0.15) is 18.7 Å². The molecule has 0 aliphatic heterocycles. The Morgan fingerprint density at radius 2 is 1.71 bits per heavy atom. The predicted molar refractivity (Wildman–Crippen MR) is 56.6 cm³/mol. The highest BCUT2D eigenvalue weighted by atomic mass is 19.2. The Balaban J connectivity index is 2.49. The number of benzene rings is 1. The van der Waals surface area contributed by atoms with Crippen LogP contribution in [-0.2, 0) is 0 Å².